The molecule has 0 spiro atoms. The normalized spacial score (nSPS) is 12.4. The lowest BCUT2D eigenvalue weighted by Crippen LogP contribution is -2.01. The van der Waals surface area contributed by atoms with Crippen LogP contribution in [0.3, 0.4) is 0 Å². The van der Waals surface area contributed by atoms with Gasteiger partial charge in [-0.2, -0.15) is 0 Å². The minimum absolute atomic E-state index is 0.205. The van der Waals surface area contributed by atoms with Crippen LogP contribution >= 0.6 is 0 Å². The summed E-state index contributed by atoms with van der Waals surface area (Å²) in [6.07, 6.45) is 0.732. The van der Waals surface area contributed by atoms with Crippen LogP contribution in [0.2, 0.25) is 0 Å². The molecule has 0 amide bonds. The van der Waals surface area contributed by atoms with Crippen LogP contribution in [0, 0.1) is 0 Å². The number of imidazole rings is 1. The van der Waals surface area contributed by atoms with Crippen LogP contribution in [-0.4, -0.2) is 15.1 Å². The molecule has 0 fully saturated rings. The molecule has 20 heavy (non-hydrogen) atoms. The fraction of sp³-hybridized carbons (Fsp3) is 0.0625. The van der Waals surface area contributed by atoms with E-state index in [9.17, 15) is 5.11 Å². The maximum Gasteiger partial charge on any atom is 0.221 e. The number of aromatic amines is 1. The first-order chi connectivity index (χ1) is 9.81. The summed E-state index contributed by atoms with van der Waals surface area (Å²) in [4.78, 5) is 7.68. The fourth-order valence-corrected chi connectivity index (χ4v) is 2.44. The van der Waals surface area contributed by atoms with Gasteiger partial charge in [0.15, 0.2) is 0 Å². The number of H-pyrrole nitrogens is 1. The number of hydrogen-bond acceptors (Lipinski definition) is 3. The molecule has 2 aromatic carbocycles. The lowest BCUT2D eigenvalue weighted by molar-refractivity contribution is 0.443. The standard InChI is InChI=1S/C16H12N2O2/c19-13-7-3-2-6-11(13)15-17-12-9-10-5-1-4-8-14(10)20-16(12)18-15/h1-8,19H,9H2,(H,17,18). The second-order valence-corrected chi connectivity index (χ2v) is 4.76. The van der Waals surface area contributed by atoms with Crippen LogP contribution in [0.25, 0.3) is 11.4 Å². The lowest BCUT2D eigenvalue weighted by atomic mass is 10.1. The highest BCUT2D eigenvalue weighted by molar-refractivity contribution is 5.65. The van der Waals surface area contributed by atoms with Crippen molar-refractivity contribution in [3.63, 3.8) is 0 Å². The molecule has 0 saturated carbocycles. The van der Waals surface area contributed by atoms with Gasteiger partial charge in [0.05, 0.1) is 5.56 Å². The second kappa shape index (κ2) is 4.13. The summed E-state index contributed by atoms with van der Waals surface area (Å²) in [6.45, 7) is 0. The minimum Gasteiger partial charge on any atom is -0.507 e. The number of phenols is 1. The van der Waals surface area contributed by atoms with Crippen LogP contribution in [0.5, 0.6) is 17.4 Å². The largest absolute Gasteiger partial charge is 0.507 e. The molecule has 0 aliphatic carbocycles. The second-order valence-electron chi connectivity index (χ2n) is 4.76. The number of phenolic OH excluding ortho intramolecular Hbond substituents is 1. The Labute approximate surface area is 115 Å². The van der Waals surface area contributed by atoms with E-state index in [1.165, 1.54) is 0 Å². The van der Waals surface area contributed by atoms with Crippen molar-refractivity contribution < 1.29 is 9.84 Å². The van der Waals surface area contributed by atoms with E-state index in [0.29, 0.717) is 17.3 Å². The van der Waals surface area contributed by atoms with Crippen LogP contribution < -0.4 is 4.74 Å². The van der Waals surface area contributed by atoms with Gasteiger partial charge < -0.3 is 14.8 Å². The maximum atomic E-state index is 9.90. The van der Waals surface area contributed by atoms with Crippen LogP contribution in [-0.2, 0) is 6.42 Å². The summed E-state index contributed by atoms with van der Waals surface area (Å²) >= 11 is 0. The molecule has 0 radical (unpaired) electrons. The topological polar surface area (TPSA) is 58.1 Å². The van der Waals surface area contributed by atoms with E-state index in [4.69, 9.17) is 4.74 Å². The Hall–Kier alpha value is -2.75. The molecule has 3 aromatic rings. The van der Waals surface area contributed by atoms with Crippen molar-refractivity contribution in [2.75, 3.05) is 0 Å². The third-order valence-corrected chi connectivity index (χ3v) is 3.44. The predicted octanol–water partition coefficient (Wildman–Crippen LogP) is 3.48. The van der Waals surface area contributed by atoms with Gasteiger partial charge >= 0.3 is 0 Å². The summed E-state index contributed by atoms with van der Waals surface area (Å²) in [6, 6.07) is 15.0. The lowest BCUT2D eigenvalue weighted by Gasteiger charge is -2.14. The van der Waals surface area contributed by atoms with E-state index in [-0.39, 0.29) is 5.75 Å². The summed E-state index contributed by atoms with van der Waals surface area (Å²) in [5.41, 5.74) is 2.66. The van der Waals surface area contributed by atoms with Gasteiger partial charge in [0, 0.05) is 12.0 Å². The molecule has 2 heterocycles. The summed E-state index contributed by atoms with van der Waals surface area (Å²) in [5, 5.41) is 9.90. The highest BCUT2D eigenvalue weighted by Gasteiger charge is 2.21. The zero-order valence-corrected chi connectivity index (χ0v) is 10.6. The highest BCUT2D eigenvalue weighted by atomic mass is 16.5. The van der Waals surface area contributed by atoms with Crippen molar-refractivity contribution in [2.24, 2.45) is 0 Å². The van der Waals surface area contributed by atoms with Gasteiger partial charge in [-0.05, 0) is 18.2 Å². The van der Waals surface area contributed by atoms with E-state index in [0.717, 1.165) is 23.4 Å². The first-order valence-electron chi connectivity index (χ1n) is 6.44. The SMILES string of the molecule is Oc1ccccc1-c1nc2c([nH]1)Oc1ccccc1C2. The third-order valence-electron chi connectivity index (χ3n) is 3.44. The Bertz CT molecular complexity index is 750. The molecule has 1 aliphatic heterocycles. The van der Waals surface area contributed by atoms with Crippen LogP contribution in [0.15, 0.2) is 48.5 Å². The van der Waals surface area contributed by atoms with Gasteiger partial charge in [-0.3, -0.25) is 0 Å². The number of ether oxygens (including phenoxy) is 1. The Morgan fingerprint density at radius 2 is 1.85 bits per heavy atom. The number of hydrogen-bond donors (Lipinski definition) is 2. The van der Waals surface area contributed by atoms with Crippen molar-refractivity contribution in [1.82, 2.24) is 9.97 Å². The van der Waals surface area contributed by atoms with Crippen molar-refractivity contribution >= 4 is 0 Å². The molecular weight excluding hydrogens is 252 g/mol. The van der Waals surface area contributed by atoms with E-state index in [2.05, 4.69) is 9.97 Å². The molecular formula is C16H12N2O2. The number of rotatable bonds is 1. The fourth-order valence-electron chi connectivity index (χ4n) is 2.44. The van der Waals surface area contributed by atoms with Gasteiger partial charge in [-0.15, -0.1) is 0 Å². The summed E-state index contributed by atoms with van der Waals surface area (Å²) in [7, 11) is 0. The van der Waals surface area contributed by atoms with Gasteiger partial charge in [-0.1, -0.05) is 30.3 Å². The first kappa shape index (κ1) is 11.1. The quantitative estimate of drug-likeness (QED) is 0.553. The van der Waals surface area contributed by atoms with Crippen LogP contribution in [0.4, 0.5) is 0 Å². The minimum atomic E-state index is 0.205. The summed E-state index contributed by atoms with van der Waals surface area (Å²) in [5.74, 6) is 2.34. The van der Waals surface area contributed by atoms with Crippen molar-refractivity contribution in [1.29, 1.82) is 0 Å². The molecule has 1 aliphatic rings. The van der Waals surface area contributed by atoms with E-state index < -0.39 is 0 Å². The van der Waals surface area contributed by atoms with Gasteiger partial charge in [-0.25, -0.2) is 4.98 Å². The average Bonchev–Trinajstić information content (AvgIpc) is 2.87. The zero-order valence-electron chi connectivity index (χ0n) is 10.6. The van der Waals surface area contributed by atoms with Crippen molar-refractivity contribution in [2.45, 2.75) is 6.42 Å². The molecule has 0 unspecified atom stereocenters. The monoisotopic (exact) mass is 264 g/mol. The number of aromatic nitrogens is 2. The Morgan fingerprint density at radius 1 is 1.05 bits per heavy atom. The molecule has 0 atom stereocenters. The molecule has 4 nitrogen and oxygen atoms in total. The molecule has 4 rings (SSSR count). The smallest absolute Gasteiger partial charge is 0.221 e. The van der Waals surface area contributed by atoms with E-state index in [1.807, 2.05) is 36.4 Å². The first-order valence-corrected chi connectivity index (χ1v) is 6.44. The molecule has 0 bridgehead atoms. The average molecular weight is 264 g/mol. The summed E-state index contributed by atoms with van der Waals surface area (Å²) < 4.78 is 5.82. The number of aromatic hydroxyl groups is 1. The van der Waals surface area contributed by atoms with Gasteiger partial charge in [0.2, 0.25) is 5.88 Å². The van der Waals surface area contributed by atoms with E-state index in [1.54, 1.807) is 12.1 Å². The number of benzene rings is 2. The predicted molar refractivity (Wildman–Crippen MR) is 75.0 cm³/mol. The third kappa shape index (κ3) is 1.66. The highest BCUT2D eigenvalue weighted by Crippen LogP contribution is 2.37. The number of para-hydroxylation sites is 2. The van der Waals surface area contributed by atoms with Gasteiger partial charge in [0.1, 0.15) is 23.0 Å². The zero-order chi connectivity index (χ0) is 13.5. The van der Waals surface area contributed by atoms with Crippen LogP contribution in [0.1, 0.15) is 11.3 Å². The number of nitrogens with one attached hydrogen (secondary N) is 1. The maximum absolute atomic E-state index is 9.90. The Kier molecular flexibility index (Phi) is 2.29. The molecule has 1 aromatic heterocycles. The number of fused-ring (bicyclic) bond motifs is 2. The number of nitrogens with zero attached hydrogens (tertiary/aromatic N) is 1. The van der Waals surface area contributed by atoms with Crippen molar-refractivity contribution in [3.05, 3.63) is 59.8 Å². The van der Waals surface area contributed by atoms with E-state index >= 15 is 0 Å². The molecule has 2 N–H and O–H groups in total. The molecule has 0 saturated heterocycles. The molecule has 4 heteroatoms. The Morgan fingerprint density at radius 3 is 2.75 bits per heavy atom. The Balaban J connectivity index is 1.79. The molecule has 98 valence electrons. The van der Waals surface area contributed by atoms with Gasteiger partial charge in [0.25, 0.3) is 0 Å². The van der Waals surface area contributed by atoms with Crippen molar-refractivity contribution in [3.8, 4) is 28.8 Å².